The van der Waals surface area contributed by atoms with Gasteiger partial charge in [-0.15, -0.1) is 0 Å². The van der Waals surface area contributed by atoms with Crippen LogP contribution in [-0.4, -0.2) is 48.1 Å². The summed E-state index contributed by atoms with van der Waals surface area (Å²) in [7, 11) is 1.34. The Morgan fingerprint density at radius 2 is 1.79 bits per heavy atom. The Bertz CT molecular complexity index is 853. The smallest absolute Gasteiger partial charge is 0.321 e. The molecule has 0 spiro atoms. The Morgan fingerprint density at radius 3 is 2.43 bits per heavy atom. The Labute approximate surface area is 164 Å². The summed E-state index contributed by atoms with van der Waals surface area (Å²) in [6.07, 6.45) is -0.386. The minimum atomic E-state index is -1.28. The lowest BCUT2D eigenvalue weighted by molar-refractivity contribution is -0.176. The molecule has 1 saturated carbocycles. The molecule has 1 aliphatic heterocycles. The Balaban J connectivity index is 1.76. The summed E-state index contributed by atoms with van der Waals surface area (Å²) < 4.78 is 5.15. The first-order valence-electron chi connectivity index (χ1n) is 9.68. The molecule has 2 aliphatic rings. The van der Waals surface area contributed by atoms with Crippen molar-refractivity contribution in [2.45, 2.75) is 25.0 Å². The molecule has 5 heteroatoms. The number of carbonyl (C=O) groups excluding carboxylic acids is 2. The number of aliphatic hydroxyl groups is 1. The van der Waals surface area contributed by atoms with Crippen LogP contribution in [0.1, 0.15) is 23.5 Å². The second-order valence-electron chi connectivity index (χ2n) is 7.86. The molecule has 1 heterocycles. The van der Waals surface area contributed by atoms with E-state index in [1.54, 1.807) is 0 Å². The molecular formula is C23H25NO4. The highest BCUT2D eigenvalue weighted by Crippen LogP contribution is 2.51. The summed E-state index contributed by atoms with van der Waals surface area (Å²) in [5.41, 5.74) is 0.716. The van der Waals surface area contributed by atoms with E-state index in [0.717, 1.165) is 11.1 Å². The molecule has 1 N–H and O–H groups in total. The maximum atomic E-state index is 13.4. The lowest BCUT2D eigenvalue weighted by atomic mass is 9.56. The molecule has 0 amide bonds. The van der Waals surface area contributed by atoms with Gasteiger partial charge in [0.2, 0.25) is 0 Å². The van der Waals surface area contributed by atoms with Gasteiger partial charge in [-0.25, -0.2) is 0 Å². The van der Waals surface area contributed by atoms with Gasteiger partial charge in [-0.3, -0.25) is 14.5 Å². The van der Waals surface area contributed by atoms with E-state index in [9.17, 15) is 14.7 Å². The Kier molecular flexibility index (Phi) is 5.04. The minimum absolute atomic E-state index is 0.184. The van der Waals surface area contributed by atoms with Crippen molar-refractivity contribution in [3.05, 3.63) is 71.8 Å². The molecule has 4 rings (SSSR count). The third kappa shape index (κ3) is 3.05. The standard InChI is InChI=1S/C23H25NO4/c1-28-22(27)23-15-24(13-16-8-4-2-5-9-16)14-18(21(23)26)20(25)12-19(23)17-10-6-3-7-11-17/h2-11,18-20,25H,12-15H2,1H3/t18-,19-,20+,23-/m1/s1. The van der Waals surface area contributed by atoms with Crippen LogP contribution in [0.3, 0.4) is 0 Å². The van der Waals surface area contributed by atoms with Crippen molar-refractivity contribution >= 4 is 11.8 Å². The Morgan fingerprint density at radius 1 is 1.14 bits per heavy atom. The molecule has 2 fully saturated rings. The first-order chi connectivity index (χ1) is 13.6. The molecule has 4 atom stereocenters. The topological polar surface area (TPSA) is 66.8 Å². The van der Waals surface area contributed by atoms with Gasteiger partial charge in [-0.1, -0.05) is 60.7 Å². The highest BCUT2D eigenvalue weighted by atomic mass is 16.5. The number of ether oxygens (including phenoxy) is 1. The minimum Gasteiger partial charge on any atom is -0.468 e. The van der Waals surface area contributed by atoms with Gasteiger partial charge in [0.15, 0.2) is 5.78 Å². The van der Waals surface area contributed by atoms with E-state index in [2.05, 4.69) is 4.90 Å². The van der Waals surface area contributed by atoms with E-state index >= 15 is 0 Å². The van der Waals surface area contributed by atoms with Crippen molar-refractivity contribution in [3.8, 4) is 0 Å². The van der Waals surface area contributed by atoms with Crippen molar-refractivity contribution < 1.29 is 19.4 Å². The van der Waals surface area contributed by atoms with Gasteiger partial charge < -0.3 is 9.84 Å². The molecule has 2 bridgehead atoms. The average molecular weight is 379 g/mol. The number of likely N-dealkylation sites (tertiary alicyclic amines) is 1. The number of fused-ring (bicyclic) bond motifs is 2. The second kappa shape index (κ2) is 7.49. The quantitative estimate of drug-likeness (QED) is 0.653. The van der Waals surface area contributed by atoms with Crippen molar-refractivity contribution in [2.75, 3.05) is 20.2 Å². The lowest BCUT2D eigenvalue weighted by Crippen LogP contribution is -2.65. The maximum absolute atomic E-state index is 13.4. The molecule has 146 valence electrons. The van der Waals surface area contributed by atoms with Crippen LogP contribution < -0.4 is 0 Å². The number of benzene rings is 2. The molecule has 1 aliphatic carbocycles. The molecule has 2 aromatic rings. The van der Waals surface area contributed by atoms with Crippen LogP contribution in [0.4, 0.5) is 0 Å². The van der Waals surface area contributed by atoms with Crippen LogP contribution in [0.15, 0.2) is 60.7 Å². The van der Waals surface area contributed by atoms with Gasteiger partial charge in [0.05, 0.1) is 19.1 Å². The van der Waals surface area contributed by atoms with E-state index in [4.69, 9.17) is 4.74 Å². The molecule has 0 unspecified atom stereocenters. The lowest BCUT2D eigenvalue weighted by Gasteiger charge is -2.52. The number of hydrogen-bond donors (Lipinski definition) is 1. The molecule has 1 saturated heterocycles. The van der Waals surface area contributed by atoms with E-state index in [-0.39, 0.29) is 5.78 Å². The molecule has 2 aromatic carbocycles. The fraction of sp³-hybridized carbons (Fsp3) is 0.391. The number of rotatable bonds is 4. The van der Waals surface area contributed by atoms with Gasteiger partial charge in [-0.05, 0) is 17.5 Å². The number of nitrogens with zero attached hydrogens (tertiary/aromatic N) is 1. The van der Waals surface area contributed by atoms with E-state index in [1.807, 2.05) is 60.7 Å². The van der Waals surface area contributed by atoms with Crippen molar-refractivity contribution in [1.82, 2.24) is 4.90 Å². The predicted octanol–water partition coefficient (Wildman–Crippen LogP) is 2.40. The summed E-state index contributed by atoms with van der Waals surface area (Å²) >= 11 is 0. The number of carbonyl (C=O) groups is 2. The van der Waals surface area contributed by atoms with Crippen LogP contribution in [-0.2, 0) is 20.9 Å². The summed E-state index contributed by atoms with van der Waals surface area (Å²) in [6, 6.07) is 19.5. The monoisotopic (exact) mass is 379 g/mol. The Hall–Kier alpha value is -2.50. The van der Waals surface area contributed by atoms with E-state index < -0.39 is 29.3 Å². The molecular weight excluding hydrogens is 354 g/mol. The van der Waals surface area contributed by atoms with Crippen molar-refractivity contribution in [1.29, 1.82) is 0 Å². The molecule has 5 nitrogen and oxygen atoms in total. The number of Topliss-reactive ketones (excluding diaryl/α,β-unsaturated/α-hetero) is 1. The summed E-state index contributed by atoms with van der Waals surface area (Å²) in [4.78, 5) is 28.6. The fourth-order valence-electron chi connectivity index (χ4n) is 4.93. The maximum Gasteiger partial charge on any atom is 0.321 e. The van der Waals surface area contributed by atoms with Gasteiger partial charge in [0.25, 0.3) is 0 Å². The second-order valence-corrected chi connectivity index (χ2v) is 7.86. The normalized spacial score (nSPS) is 30.1. The van der Waals surface area contributed by atoms with Crippen LogP contribution in [0.2, 0.25) is 0 Å². The summed E-state index contributed by atoms with van der Waals surface area (Å²) in [5, 5.41) is 10.8. The largest absolute Gasteiger partial charge is 0.468 e. The first kappa shape index (κ1) is 18.8. The summed E-state index contributed by atoms with van der Waals surface area (Å²) in [5.74, 6) is -1.66. The zero-order valence-corrected chi connectivity index (χ0v) is 16.0. The van der Waals surface area contributed by atoms with Gasteiger partial charge in [-0.2, -0.15) is 0 Å². The van der Waals surface area contributed by atoms with Crippen LogP contribution in [0, 0.1) is 11.3 Å². The third-order valence-corrected chi connectivity index (χ3v) is 6.24. The molecule has 0 radical (unpaired) electrons. The zero-order valence-electron chi connectivity index (χ0n) is 16.0. The van der Waals surface area contributed by atoms with E-state index in [0.29, 0.717) is 26.1 Å². The van der Waals surface area contributed by atoms with Crippen LogP contribution >= 0.6 is 0 Å². The van der Waals surface area contributed by atoms with Gasteiger partial charge in [0, 0.05) is 25.6 Å². The number of aliphatic hydroxyl groups excluding tert-OH is 1. The number of ketones is 1. The highest BCUT2D eigenvalue weighted by molar-refractivity contribution is 6.07. The highest BCUT2D eigenvalue weighted by Gasteiger charge is 2.63. The number of esters is 1. The van der Waals surface area contributed by atoms with Crippen LogP contribution in [0.5, 0.6) is 0 Å². The van der Waals surface area contributed by atoms with Crippen molar-refractivity contribution in [3.63, 3.8) is 0 Å². The van der Waals surface area contributed by atoms with E-state index in [1.165, 1.54) is 7.11 Å². The summed E-state index contributed by atoms with van der Waals surface area (Å²) in [6.45, 7) is 1.38. The third-order valence-electron chi connectivity index (χ3n) is 6.24. The fourth-order valence-corrected chi connectivity index (χ4v) is 4.93. The van der Waals surface area contributed by atoms with Gasteiger partial charge in [0.1, 0.15) is 5.41 Å². The average Bonchev–Trinajstić information content (AvgIpc) is 2.72. The van der Waals surface area contributed by atoms with Crippen LogP contribution in [0.25, 0.3) is 0 Å². The predicted molar refractivity (Wildman–Crippen MR) is 104 cm³/mol. The van der Waals surface area contributed by atoms with Crippen molar-refractivity contribution in [2.24, 2.45) is 11.3 Å². The van der Waals surface area contributed by atoms with Gasteiger partial charge >= 0.3 is 5.97 Å². The SMILES string of the molecule is COC(=O)[C@@]12CN(Cc3ccccc3)C[C@@H](C1=O)[C@@H](O)C[C@@H]2c1ccccc1. The number of hydrogen-bond acceptors (Lipinski definition) is 5. The number of piperidine rings is 1. The first-order valence-corrected chi connectivity index (χ1v) is 9.68. The molecule has 0 aromatic heterocycles. The molecule has 28 heavy (non-hydrogen) atoms. The zero-order chi connectivity index (χ0) is 19.7. The number of methoxy groups -OCH3 is 1.